The van der Waals surface area contributed by atoms with Gasteiger partial charge in [0.25, 0.3) is 0 Å². The van der Waals surface area contributed by atoms with Gasteiger partial charge in [0.2, 0.25) is 5.91 Å². The van der Waals surface area contributed by atoms with Crippen LogP contribution in [-0.4, -0.2) is 35.3 Å². The zero-order valence-electron chi connectivity index (χ0n) is 11.6. The van der Waals surface area contributed by atoms with Gasteiger partial charge >= 0.3 is 6.55 Å². The highest BCUT2D eigenvalue weighted by Crippen LogP contribution is 2.19. The summed E-state index contributed by atoms with van der Waals surface area (Å²) < 4.78 is 25.9. The maximum atomic E-state index is 12.6. The van der Waals surface area contributed by atoms with Gasteiger partial charge in [0, 0.05) is 23.8 Å². The molecule has 1 aromatic rings. The molecule has 0 aliphatic carbocycles. The smallest absolute Gasteiger partial charge is 0.333 e. The number of halogens is 2. The van der Waals surface area contributed by atoms with E-state index in [1.54, 1.807) is 20.9 Å². The number of hydrogen-bond donors (Lipinski definition) is 2. The minimum atomic E-state index is -2.68. The van der Waals surface area contributed by atoms with Crippen molar-refractivity contribution in [3.05, 3.63) is 17.0 Å². The molecule has 5 nitrogen and oxygen atoms in total. The zero-order valence-corrected chi connectivity index (χ0v) is 11.6. The number of amides is 1. The van der Waals surface area contributed by atoms with E-state index in [1.165, 1.54) is 0 Å². The quantitative estimate of drug-likeness (QED) is 0.818. The van der Waals surface area contributed by atoms with Gasteiger partial charge in [-0.1, -0.05) is 0 Å². The van der Waals surface area contributed by atoms with Crippen LogP contribution in [0.2, 0.25) is 0 Å². The highest BCUT2D eigenvalue weighted by molar-refractivity contribution is 5.79. The average Bonchev–Trinajstić information content (AvgIpc) is 2.64. The van der Waals surface area contributed by atoms with E-state index in [2.05, 4.69) is 15.7 Å². The summed E-state index contributed by atoms with van der Waals surface area (Å²) >= 11 is 0. The van der Waals surface area contributed by atoms with E-state index in [1.807, 2.05) is 6.92 Å². The zero-order chi connectivity index (χ0) is 14.6. The number of aromatic nitrogens is 2. The molecule has 1 heterocycles. The number of carbonyl (C=O) groups is 1. The molecule has 108 valence electrons. The van der Waals surface area contributed by atoms with Crippen molar-refractivity contribution in [1.29, 1.82) is 0 Å². The summed E-state index contributed by atoms with van der Waals surface area (Å²) in [4.78, 5) is 11.8. The van der Waals surface area contributed by atoms with Gasteiger partial charge in [-0.05, 0) is 27.8 Å². The summed E-state index contributed by atoms with van der Waals surface area (Å²) in [6, 6.07) is 0.162. The predicted molar refractivity (Wildman–Crippen MR) is 68.2 cm³/mol. The van der Waals surface area contributed by atoms with Gasteiger partial charge in [-0.3, -0.25) is 4.79 Å². The molecule has 1 aromatic heterocycles. The minimum Gasteiger partial charge on any atom is -0.354 e. The fourth-order valence-electron chi connectivity index (χ4n) is 1.73. The Morgan fingerprint density at radius 2 is 2.05 bits per heavy atom. The monoisotopic (exact) mass is 274 g/mol. The van der Waals surface area contributed by atoms with Crippen LogP contribution < -0.4 is 10.6 Å². The maximum Gasteiger partial charge on any atom is 0.333 e. The van der Waals surface area contributed by atoms with Crippen molar-refractivity contribution >= 4 is 5.91 Å². The predicted octanol–water partition coefficient (Wildman–Crippen LogP) is 1.16. The molecule has 0 saturated carbocycles. The third kappa shape index (κ3) is 3.99. The van der Waals surface area contributed by atoms with Crippen LogP contribution in [0.1, 0.15) is 30.4 Å². The lowest BCUT2D eigenvalue weighted by molar-refractivity contribution is -0.120. The highest BCUT2D eigenvalue weighted by atomic mass is 19.3. The molecule has 0 aromatic carbocycles. The van der Waals surface area contributed by atoms with Crippen LogP contribution in [-0.2, 0) is 11.2 Å². The number of hydrogen-bond acceptors (Lipinski definition) is 3. The van der Waals surface area contributed by atoms with Gasteiger partial charge in [0.1, 0.15) is 0 Å². The summed E-state index contributed by atoms with van der Waals surface area (Å²) in [6.45, 7) is 2.93. The van der Waals surface area contributed by atoms with E-state index in [0.29, 0.717) is 28.2 Å². The molecular weight excluding hydrogens is 254 g/mol. The first-order valence-electron chi connectivity index (χ1n) is 6.13. The van der Waals surface area contributed by atoms with Crippen LogP contribution >= 0.6 is 0 Å². The van der Waals surface area contributed by atoms with Crippen LogP contribution in [0.4, 0.5) is 8.78 Å². The van der Waals surface area contributed by atoms with Crippen LogP contribution in [0.3, 0.4) is 0 Å². The molecule has 0 aliphatic rings. The minimum absolute atomic E-state index is 0.0703. The topological polar surface area (TPSA) is 58.9 Å². The number of likely N-dealkylation sites (N-methyl/N-ethyl adjacent to an activating group) is 1. The highest BCUT2D eigenvalue weighted by Gasteiger charge is 2.19. The molecule has 1 atom stereocenters. The number of alkyl halides is 2. The van der Waals surface area contributed by atoms with E-state index < -0.39 is 6.55 Å². The van der Waals surface area contributed by atoms with Crippen molar-refractivity contribution in [2.24, 2.45) is 0 Å². The number of aryl methyl sites for hydroxylation is 1. The van der Waals surface area contributed by atoms with Crippen LogP contribution in [0, 0.1) is 13.8 Å². The first-order chi connectivity index (χ1) is 8.86. The molecule has 19 heavy (non-hydrogen) atoms. The van der Waals surface area contributed by atoms with Crippen molar-refractivity contribution in [3.63, 3.8) is 0 Å². The molecule has 0 spiro atoms. The third-order valence-corrected chi connectivity index (χ3v) is 3.10. The Labute approximate surface area is 111 Å². The molecule has 0 radical (unpaired) electrons. The average molecular weight is 274 g/mol. The van der Waals surface area contributed by atoms with Crippen LogP contribution in [0.5, 0.6) is 0 Å². The fourth-order valence-corrected chi connectivity index (χ4v) is 1.73. The Morgan fingerprint density at radius 1 is 1.42 bits per heavy atom. The maximum absolute atomic E-state index is 12.6. The number of nitrogens with one attached hydrogen (secondary N) is 2. The van der Waals surface area contributed by atoms with Crippen molar-refractivity contribution < 1.29 is 13.6 Å². The van der Waals surface area contributed by atoms with Crippen molar-refractivity contribution in [3.8, 4) is 0 Å². The Morgan fingerprint density at radius 3 is 2.53 bits per heavy atom. The fraction of sp³-hybridized carbons (Fsp3) is 0.667. The summed E-state index contributed by atoms with van der Waals surface area (Å²) in [5.41, 5.74) is 1.37. The standard InChI is InChI=1S/C12H20F2N4O/c1-7(15-4)6-16-11(19)5-10-8(2)17-18(9(10)3)12(13)14/h7,12,15H,5-6H2,1-4H3,(H,16,19). The summed E-state index contributed by atoms with van der Waals surface area (Å²) in [6.07, 6.45) is 0.0703. The lowest BCUT2D eigenvalue weighted by Crippen LogP contribution is -2.37. The second kappa shape index (κ2) is 6.60. The first-order valence-corrected chi connectivity index (χ1v) is 6.13. The normalized spacial score (nSPS) is 12.8. The molecule has 7 heteroatoms. The van der Waals surface area contributed by atoms with Gasteiger partial charge in [-0.2, -0.15) is 13.9 Å². The van der Waals surface area contributed by atoms with Crippen molar-refractivity contribution in [2.45, 2.75) is 39.8 Å². The third-order valence-electron chi connectivity index (χ3n) is 3.10. The van der Waals surface area contributed by atoms with Crippen molar-refractivity contribution in [2.75, 3.05) is 13.6 Å². The molecule has 0 bridgehead atoms. The molecule has 0 fully saturated rings. The van der Waals surface area contributed by atoms with Crippen molar-refractivity contribution in [1.82, 2.24) is 20.4 Å². The molecular formula is C12H20F2N4O. The van der Waals surface area contributed by atoms with E-state index in [-0.39, 0.29) is 18.4 Å². The Bertz CT molecular complexity index is 445. The molecule has 0 aliphatic heterocycles. The number of carbonyl (C=O) groups excluding carboxylic acids is 1. The van der Waals surface area contributed by atoms with Gasteiger partial charge in [-0.15, -0.1) is 0 Å². The summed E-state index contributed by atoms with van der Waals surface area (Å²) in [5.74, 6) is -0.192. The first kappa shape index (κ1) is 15.6. The molecule has 1 unspecified atom stereocenters. The van der Waals surface area contributed by atoms with Gasteiger partial charge in [-0.25, -0.2) is 4.68 Å². The van der Waals surface area contributed by atoms with E-state index >= 15 is 0 Å². The lowest BCUT2D eigenvalue weighted by Gasteiger charge is -2.11. The molecule has 1 amide bonds. The van der Waals surface area contributed by atoms with E-state index in [0.717, 1.165) is 0 Å². The second-order valence-electron chi connectivity index (χ2n) is 4.54. The molecule has 1 rings (SSSR count). The SMILES string of the molecule is CNC(C)CNC(=O)Cc1c(C)nn(C(F)F)c1C. The van der Waals surface area contributed by atoms with Gasteiger partial charge < -0.3 is 10.6 Å². The Hall–Kier alpha value is -1.50. The number of rotatable bonds is 6. The largest absolute Gasteiger partial charge is 0.354 e. The van der Waals surface area contributed by atoms with Gasteiger partial charge in [0.15, 0.2) is 0 Å². The second-order valence-corrected chi connectivity index (χ2v) is 4.54. The van der Waals surface area contributed by atoms with Gasteiger partial charge in [0.05, 0.1) is 12.1 Å². The lowest BCUT2D eigenvalue weighted by atomic mass is 10.1. The molecule has 2 N–H and O–H groups in total. The number of nitrogens with zero attached hydrogens (tertiary/aromatic N) is 2. The van der Waals surface area contributed by atoms with Crippen LogP contribution in [0.25, 0.3) is 0 Å². The van der Waals surface area contributed by atoms with E-state index in [9.17, 15) is 13.6 Å². The summed E-state index contributed by atoms with van der Waals surface area (Å²) in [5, 5.41) is 9.49. The Balaban J connectivity index is 2.69. The summed E-state index contributed by atoms with van der Waals surface area (Å²) in [7, 11) is 1.80. The molecule has 0 saturated heterocycles. The van der Waals surface area contributed by atoms with E-state index in [4.69, 9.17) is 0 Å². The van der Waals surface area contributed by atoms with Crippen LogP contribution in [0.15, 0.2) is 0 Å². The Kier molecular flexibility index (Phi) is 5.41.